The van der Waals surface area contributed by atoms with E-state index in [1.807, 2.05) is 37.3 Å². The molecule has 0 fully saturated rings. The molecule has 2 aromatic rings. The number of halogens is 2. The molecular weight excluding hydrogens is 323 g/mol. The quantitative estimate of drug-likeness (QED) is 0.647. The molecule has 106 valence electrons. The van der Waals surface area contributed by atoms with Crippen LogP contribution in [0.15, 0.2) is 46.9 Å². The van der Waals surface area contributed by atoms with Crippen molar-refractivity contribution in [3.63, 3.8) is 0 Å². The molecule has 0 aromatic heterocycles. The molecule has 2 aromatic carbocycles. The van der Waals surface area contributed by atoms with Crippen LogP contribution in [0.4, 0.5) is 4.39 Å². The van der Waals surface area contributed by atoms with E-state index in [4.69, 9.17) is 10.6 Å². The molecule has 3 N–H and O–H groups in total. The smallest absolute Gasteiger partial charge is 0.137 e. The lowest BCUT2D eigenvalue weighted by Gasteiger charge is -2.18. The average molecular weight is 339 g/mol. The second kappa shape index (κ2) is 6.83. The van der Waals surface area contributed by atoms with E-state index in [2.05, 4.69) is 21.4 Å². The molecule has 1 unspecified atom stereocenters. The van der Waals surface area contributed by atoms with E-state index >= 15 is 0 Å². The second-order valence-electron chi connectivity index (χ2n) is 4.28. The zero-order valence-electron chi connectivity index (χ0n) is 11.1. The van der Waals surface area contributed by atoms with Crippen LogP contribution in [0.5, 0.6) is 5.75 Å². The number of ether oxygens (including phenoxy) is 1. The Balaban J connectivity index is 2.36. The molecule has 0 saturated heterocycles. The number of hydrogen-bond donors (Lipinski definition) is 2. The van der Waals surface area contributed by atoms with Gasteiger partial charge in [-0.05, 0) is 58.2 Å². The Morgan fingerprint density at radius 1 is 1.25 bits per heavy atom. The van der Waals surface area contributed by atoms with Gasteiger partial charge in [0, 0.05) is 0 Å². The molecule has 0 spiro atoms. The SMILES string of the molecule is CCOc1cccc(C(NN)c2ccc(Br)c(F)c2)c1. The van der Waals surface area contributed by atoms with Gasteiger partial charge in [-0.2, -0.15) is 0 Å². The lowest BCUT2D eigenvalue weighted by atomic mass is 9.99. The summed E-state index contributed by atoms with van der Waals surface area (Å²) in [5, 5.41) is 0. The van der Waals surface area contributed by atoms with E-state index in [9.17, 15) is 4.39 Å². The fourth-order valence-electron chi connectivity index (χ4n) is 2.03. The van der Waals surface area contributed by atoms with Crippen molar-refractivity contribution < 1.29 is 9.13 Å². The Morgan fingerprint density at radius 2 is 2.00 bits per heavy atom. The predicted molar refractivity (Wildman–Crippen MR) is 80.9 cm³/mol. The lowest BCUT2D eigenvalue weighted by Crippen LogP contribution is -2.28. The summed E-state index contributed by atoms with van der Waals surface area (Å²) in [4.78, 5) is 0. The van der Waals surface area contributed by atoms with E-state index in [-0.39, 0.29) is 11.9 Å². The van der Waals surface area contributed by atoms with Crippen molar-refractivity contribution in [2.24, 2.45) is 5.84 Å². The molecule has 20 heavy (non-hydrogen) atoms. The van der Waals surface area contributed by atoms with Gasteiger partial charge in [-0.1, -0.05) is 18.2 Å². The van der Waals surface area contributed by atoms with Crippen LogP contribution in [0.1, 0.15) is 24.1 Å². The molecule has 0 radical (unpaired) electrons. The van der Waals surface area contributed by atoms with E-state index < -0.39 is 0 Å². The van der Waals surface area contributed by atoms with Crippen LogP contribution < -0.4 is 16.0 Å². The van der Waals surface area contributed by atoms with Crippen LogP contribution in [0.3, 0.4) is 0 Å². The monoisotopic (exact) mass is 338 g/mol. The Morgan fingerprint density at radius 3 is 2.65 bits per heavy atom. The van der Waals surface area contributed by atoms with Crippen molar-refractivity contribution in [1.29, 1.82) is 0 Å². The van der Waals surface area contributed by atoms with Gasteiger partial charge in [-0.15, -0.1) is 0 Å². The Bertz CT molecular complexity index is 592. The molecule has 0 saturated carbocycles. The van der Waals surface area contributed by atoms with Crippen molar-refractivity contribution >= 4 is 15.9 Å². The molecular formula is C15H16BrFN2O. The maximum Gasteiger partial charge on any atom is 0.137 e. The summed E-state index contributed by atoms with van der Waals surface area (Å²) in [5.74, 6) is 6.07. The highest BCUT2D eigenvalue weighted by Gasteiger charge is 2.14. The zero-order valence-corrected chi connectivity index (χ0v) is 12.7. The van der Waals surface area contributed by atoms with Crippen molar-refractivity contribution in [2.45, 2.75) is 13.0 Å². The van der Waals surface area contributed by atoms with Gasteiger partial charge in [0.2, 0.25) is 0 Å². The molecule has 0 heterocycles. The van der Waals surface area contributed by atoms with Crippen LogP contribution in [-0.4, -0.2) is 6.61 Å². The number of hydrazine groups is 1. The Kier molecular flexibility index (Phi) is 5.11. The van der Waals surface area contributed by atoms with E-state index in [1.54, 1.807) is 6.07 Å². The van der Waals surface area contributed by atoms with Crippen LogP contribution >= 0.6 is 15.9 Å². The molecule has 0 bridgehead atoms. The third-order valence-corrected chi connectivity index (χ3v) is 3.59. The molecule has 5 heteroatoms. The van der Waals surface area contributed by atoms with Crippen molar-refractivity contribution in [3.05, 3.63) is 63.9 Å². The van der Waals surface area contributed by atoms with Gasteiger partial charge in [0.15, 0.2) is 0 Å². The second-order valence-corrected chi connectivity index (χ2v) is 5.13. The first kappa shape index (κ1) is 15.0. The third-order valence-electron chi connectivity index (χ3n) is 2.95. The maximum atomic E-state index is 13.7. The summed E-state index contributed by atoms with van der Waals surface area (Å²) in [5.41, 5.74) is 4.38. The van der Waals surface area contributed by atoms with Crippen LogP contribution in [0.25, 0.3) is 0 Å². The molecule has 0 aliphatic carbocycles. The summed E-state index contributed by atoms with van der Waals surface area (Å²) < 4.78 is 19.6. The first-order valence-electron chi connectivity index (χ1n) is 6.29. The number of benzene rings is 2. The minimum Gasteiger partial charge on any atom is -0.494 e. The van der Waals surface area contributed by atoms with Gasteiger partial charge in [-0.25, -0.2) is 9.82 Å². The third kappa shape index (κ3) is 3.36. The summed E-state index contributed by atoms with van der Waals surface area (Å²) in [7, 11) is 0. The van der Waals surface area contributed by atoms with Crippen LogP contribution in [0.2, 0.25) is 0 Å². The minimum absolute atomic E-state index is 0.294. The molecule has 0 aliphatic rings. The topological polar surface area (TPSA) is 47.3 Å². The largest absolute Gasteiger partial charge is 0.494 e. The number of nitrogens with one attached hydrogen (secondary N) is 1. The highest BCUT2D eigenvalue weighted by atomic mass is 79.9. The van der Waals surface area contributed by atoms with Crippen molar-refractivity contribution in [1.82, 2.24) is 5.43 Å². The van der Waals surface area contributed by atoms with Gasteiger partial charge in [0.1, 0.15) is 11.6 Å². The normalized spacial score (nSPS) is 12.2. The number of rotatable bonds is 5. The first-order valence-corrected chi connectivity index (χ1v) is 7.08. The molecule has 0 amide bonds. The molecule has 2 rings (SSSR count). The highest BCUT2D eigenvalue weighted by Crippen LogP contribution is 2.27. The van der Waals surface area contributed by atoms with Gasteiger partial charge in [0.05, 0.1) is 17.1 Å². The van der Waals surface area contributed by atoms with E-state index in [0.29, 0.717) is 11.1 Å². The summed E-state index contributed by atoms with van der Waals surface area (Å²) in [6, 6.07) is 12.2. The number of nitrogens with two attached hydrogens (primary N) is 1. The lowest BCUT2D eigenvalue weighted by molar-refractivity contribution is 0.339. The van der Waals surface area contributed by atoms with Crippen molar-refractivity contribution in [2.75, 3.05) is 6.61 Å². The number of hydrogen-bond acceptors (Lipinski definition) is 3. The summed E-state index contributed by atoms with van der Waals surface area (Å²) in [6.07, 6.45) is 0. The first-order chi connectivity index (χ1) is 9.65. The van der Waals surface area contributed by atoms with Gasteiger partial charge < -0.3 is 4.74 Å². The van der Waals surface area contributed by atoms with Gasteiger partial charge in [-0.3, -0.25) is 5.84 Å². The van der Waals surface area contributed by atoms with Crippen LogP contribution in [-0.2, 0) is 0 Å². The van der Waals surface area contributed by atoms with E-state index in [0.717, 1.165) is 16.9 Å². The van der Waals surface area contributed by atoms with Gasteiger partial charge in [0.25, 0.3) is 0 Å². The van der Waals surface area contributed by atoms with Gasteiger partial charge >= 0.3 is 0 Å². The summed E-state index contributed by atoms with van der Waals surface area (Å²) >= 11 is 3.14. The zero-order chi connectivity index (χ0) is 14.5. The van der Waals surface area contributed by atoms with Crippen molar-refractivity contribution in [3.8, 4) is 5.75 Å². The average Bonchev–Trinajstić information content (AvgIpc) is 2.44. The predicted octanol–water partition coefficient (Wildman–Crippen LogP) is 3.54. The Hall–Kier alpha value is -1.43. The molecule has 0 aliphatic heterocycles. The fourth-order valence-corrected chi connectivity index (χ4v) is 2.27. The standard InChI is InChI=1S/C15H16BrFN2O/c1-2-20-12-5-3-4-10(8-12)15(19-18)11-6-7-13(16)14(17)9-11/h3-9,15,19H,2,18H2,1H3. The van der Waals surface area contributed by atoms with E-state index in [1.165, 1.54) is 6.07 Å². The molecule has 1 atom stereocenters. The summed E-state index contributed by atoms with van der Waals surface area (Å²) in [6.45, 7) is 2.52. The molecule has 3 nitrogen and oxygen atoms in total. The minimum atomic E-state index is -0.316. The maximum absolute atomic E-state index is 13.7. The highest BCUT2D eigenvalue weighted by molar-refractivity contribution is 9.10. The van der Waals surface area contributed by atoms with Crippen LogP contribution in [0, 0.1) is 5.82 Å². The fraction of sp³-hybridized carbons (Fsp3) is 0.200. The Labute approximate surface area is 126 Å².